The van der Waals surface area contributed by atoms with Gasteiger partial charge in [0.05, 0.1) is 11.8 Å². The number of hydrogen-bond donors (Lipinski definition) is 2. The molecule has 1 aromatic carbocycles. The highest BCUT2D eigenvalue weighted by molar-refractivity contribution is 7.88. The van der Waals surface area contributed by atoms with Gasteiger partial charge in [0.15, 0.2) is 11.5 Å². The van der Waals surface area contributed by atoms with Gasteiger partial charge in [-0.1, -0.05) is 18.2 Å². The molecular weight excluding hydrogens is 450 g/mol. The quantitative estimate of drug-likeness (QED) is 0.389. The lowest BCUT2D eigenvalue weighted by molar-refractivity contribution is 0.587. The second-order valence-electron chi connectivity index (χ2n) is 7.78. The van der Waals surface area contributed by atoms with Crippen LogP contribution >= 0.6 is 0 Å². The lowest BCUT2D eigenvalue weighted by Gasteiger charge is -2.11. The highest BCUT2D eigenvalue weighted by Gasteiger charge is 2.18. The predicted octanol–water partition coefficient (Wildman–Crippen LogP) is 3.18. The first-order chi connectivity index (χ1) is 16.4. The summed E-state index contributed by atoms with van der Waals surface area (Å²) in [5, 5.41) is 0. The van der Waals surface area contributed by atoms with Crippen molar-refractivity contribution in [2.75, 3.05) is 12.0 Å². The Hall–Kier alpha value is -4.15. The fraction of sp³-hybridized carbons (Fsp3) is 0.0833. The van der Waals surface area contributed by atoms with Gasteiger partial charge in [-0.3, -0.25) is 9.55 Å². The Labute approximate surface area is 196 Å². The number of fused-ring (bicyclic) bond motifs is 1. The van der Waals surface area contributed by atoms with Gasteiger partial charge < -0.3 is 5.73 Å². The van der Waals surface area contributed by atoms with Crippen LogP contribution in [-0.4, -0.2) is 39.2 Å². The number of pyridine rings is 3. The summed E-state index contributed by atoms with van der Waals surface area (Å²) in [7, 11) is -3.28. The summed E-state index contributed by atoms with van der Waals surface area (Å²) in [6.07, 6.45) is 8.06. The number of nitrogens with one attached hydrogen (secondary N) is 1. The second-order valence-corrected chi connectivity index (χ2v) is 9.61. The van der Waals surface area contributed by atoms with E-state index in [1.165, 1.54) is 0 Å². The van der Waals surface area contributed by atoms with Gasteiger partial charge in [0.2, 0.25) is 10.0 Å². The van der Waals surface area contributed by atoms with Crippen molar-refractivity contribution in [2.24, 2.45) is 0 Å². The van der Waals surface area contributed by atoms with Crippen molar-refractivity contribution >= 4 is 27.0 Å². The van der Waals surface area contributed by atoms with E-state index in [0.29, 0.717) is 28.4 Å². The molecule has 10 heteroatoms. The second kappa shape index (κ2) is 8.65. The molecule has 170 valence electrons. The maximum absolute atomic E-state index is 11.4. The molecule has 0 unspecified atom stereocenters. The summed E-state index contributed by atoms with van der Waals surface area (Å²) >= 11 is 0. The largest absolute Gasteiger partial charge is 0.383 e. The molecule has 0 atom stereocenters. The van der Waals surface area contributed by atoms with Crippen LogP contribution in [0.1, 0.15) is 5.56 Å². The molecule has 5 aromatic rings. The van der Waals surface area contributed by atoms with Gasteiger partial charge >= 0.3 is 0 Å². The molecule has 0 amide bonds. The van der Waals surface area contributed by atoms with Crippen LogP contribution in [0.15, 0.2) is 79.4 Å². The molecule has 0 saturated carbocycles. The van der Waals surface area contributed by atoms with Crippen LogP contribution in [0.2, 0.25) is 0 Å². The Balaban J connectivity index is 1.64. The summed E-state index contributed by atoms with van der Waals surface area (Å²) in [4.78, 5) is 18.0. The summed E-state index contributed by atoms with van der Waals surface area (Å²) in [5.74, 6) is 0.971. The van der Waals surface area contributed by atoms with E-state index in [-0.39, 0.29) is 6.54 Å². The SMILES string of the molecule is CS(=O)(=O)NCc1ccc(-n2c(-c3cccnc3N)nc3cc(-c4cccnc4)cnc32)cc1. The number of sulfonamides is 1. The third kappa shape index (κ3) is 4.36. The van der Waals surface area contributed by atoms with Gasteiger partial charge in [-0.05, 0) is 42.0 Å². The van der Waals surface area contributed by atoms with E-state index in [0.717, 1.165) is 28.6 Å². The number of nitrogens with zero attached hydrogens (tertiary/aromatic N) is 5. The Morgan fingerprint density at radius 3 is 2.47 bits per heavy atom. The maximum atomic E-state index is 11.4. The van der Waals surface area contributed by atoms with Crippen LogP contribution in [0.25, 0.3) is 39.4 Å². The number of anilines is 1. The molecule has 5 rings (SSSR count). The van der Waals surface area contributed by atoms with Crippen LogP contribution in [0.4, 0.5) is 5.82 Å². The van der Waals surface area contributed by atoms with Crippen molar-refractivity contribution < 1.29 is 8.42 Å². The molecule has 3 N–H and O–H groups in total. The standard InChI is InChI=1S/C24H21N7O2S/c1-34(32,33)29-13-16-6-8-19(9-7-16)31-23(20-5-3-11-27-22(20)25)30-21-12-18(15-28-24(21)31)17-4-2-10-26-14-17/h2-12,14-15,29H,13H2,1H3,(H2,25,27). The van der Waals surface area contributed by atoms with Crippen LogP contribution in [0.3, 0.4) is 0 Å². The van der Waals surface area contributed by atoms with Crippen LogP contribution in [0, 0.1) is 0 Å². The summed E-state index contributed by atoms with van der Waals surface area (Å²) in [5.41, 5.74) is 11.7. The first-order valence-corrected chi connectivity index (χ1v) is 12.3. The molecule has 4 heterocycles. The molecule has 0 saturated heterocycles. The molecule has 0 radical (unpaired) electrons. The lowest BCUT2D eigenvalue weighted by Crippen LogP contribution is -2.21. The Morgan fingerprint density at radius 1 is 0.971 bits per heavy atom. The van der Waals surface area contributed by atoms with E-state index in [2.05, 4.69) is 14.7 Å². The average Bonchev–Trinajstić information content (AvgIpc) is 3.22. The molecule has 0 aliphatic carbocycles. The van der Waals surface area contributed by atoms with Crippen molar-refractivity contribution in [3.05, 3.63) is 84.9 Å². The predicted molar refractivity (Wildman–Crippen MR) is 131 cm³/mol. The van der Waals surface area contributed by atoms with E-state index < -0.39 is 10.0 Å². The van der Waals surface area contributed by atoms with Crippen LogP contribution < -0.4 is 10.5 Å². The van der Waals surface area contributed by atoms with Crippen molar-refractivity contribution in [1.29, 1.82) is 0 Å². The number of hydrogen-bond acceptors (Lipinski definition) is 7. The first-order valence-electron chi connectivity index (χ1n) is 10.4. The zero-order chi connectivity index (χ0) is 23.7. The normalized spacial score (nSPS) is 11.7. The molecule has 0 aliphatic heterocycles. The molecule has 4 aromatic heterocycles. The molecule has 0 fully saturated rings. The summed E-state index contributed by atoms with van der Waals surface area (Å²) < 4.78 is 27.2. The number of imidazole rings is 1. The third-order valence-corrected chi connectivity index (χ3v) is 5.97. The smallest absolute Gasteiger partial charge is 0.209 e. The van der Waals surface area contributed by atoms with Gasteiger partial charge in [-0.25, -0.2) is 28.1 Å². The molecule has 0 spiro atoms. The highest BCUT2D eigenvalue weighted by atomic mass is 32.2. The zero-order valence-corrected chi connectivity index (χ0v) is 19.1. The fourth-order valence-electron chi connectivity index (χ4n) is 3.67. The highest BCUT2D eigenvalue weighted by Crippen LogP contribution is 2.31. The molecule has 9 nitrogen and oxygen atoms in total. The Kier molecular flexibility index (Phi) is 5.52. The van der Waals surface area contributed by atoms with E-state index in [4.69, 9.17) is 15.7 Å². The van der Waals surface area contributed by atoms with E-state index >= 15 is 0 Å². The minimum Gasteiger partial charge on any atom is -0.383 e. The van der Waals surface area contributed by atoms with Crippen molar-refractivity contribution in [3.63, 3.8) is 0 Å². The lowest BCUT2D eigenvalue weighted by atomic mass is 10.1. The third-order valence-electron chi connectivity index (χ3n) is 5.30. The van der Waals surface area contributed by atoms with Gasteiger partial charge in [0.1, 0.15) is 11.3 Å². The number of benzene rings is 1. The van der Waals surface area contributed by atoms with Crippen molar-refractivity contribution in [3.8, 4) is 28.2 Å². The summed E-state index contributed by atoms with van der Waals surface area (Å²) in [6.45, 7) is 0.207. The topological polar surface area (TPSA) is 129 Å². The van der Waals surface area contributed by atoms with Crippen LogP contribution in [0.5, 0.6) is 0 Å². The minimum atomic E-state index is -3.28. The first kappa shape index (κ1) is 21.7. The van der Waals surface area contributed by atoms with Crippen molar-refractivity contribution in [2.45, 2.75) is 6.54 Å². The number of nitrogens with two attached hydrogens (primary N) is 1. The number of aromatic nitrogens is 5. The number of rotatable bonds is 6. The van der Waals surface area contributed by atoms with Gasteiger partial charge in [-0.15, -0.1) is 0 Å². The summed E-state index contributed by atoms with van der Waals surface area (Å²) in [6, 6.07) is 17.0. The van der Waals surface area contributed by atoms with E-state index in [1.54, 1.807) is 24.8 Å². The van der Waals surface area contributed by atoms with Gasteiger partial charge in [0, 0.05) is 48.1 Å². The van der Waals surface area contributed by atoms with Gasteiger partial charge in [0.25, 0.3) is 0 Å². The van der Waals surface area contributed by atoms with Gasteiger partial charge in [-0.2, -0.15) is 0 Å². The monoisotopic (exact) mass is 471 g/mol. The Morgan fingerprint density at radius 2 is 1.76 bits per heavy atom. The van der Waals surface area contributed by atoms with E-state index in [1.807, 2.05) is 59.2 Å². The maximum Gasteiger partial charge on any atom is 0.209 e. The average molecular weight is 472 g/mol. The molecule has 0 bridgehead atoms. The zero-order valence-electron chi connectivity index (χ0n) is 18.3. The molecule has 0 aliphatic rings. The number of nitrogen functional groups attached to an aromatic ring is 1. The Bertz CT molecular complexity index is 1580. The molecule has 34 heavy (non-hydrogen) atoms. The van der Waals surface area contributed by atoms with E-state index in [9.17, 15) is 8.42 Å². The van der Waals surface area contributed by atoms with Crippen LogP contribution in [-0.2, 0) is 16.6 Å². The molecular formula is C24H21N7O2S. The minimum absolute atomic E-state index is 0.207. The van der Waals surface area contributed by atoms with Crippen molar-refractivity contribution in [1.82, 2.24) is 29.2 Å². The fourth-order valence-corrected chi connectivity index (χ4v) is 4.09.